The van der Waals surface area contributed by atoms with Gasteiger partial charge in [0.25, 0.3) is 0 Å². The van der Waals surface area contributed by atoms with Gasteiger partial charge >= 0.3 is 5.97 Å². The van der Waals surface area contributed by atoms with Gasteiger partial charge in [-0.2, -0.15) is 0 Å². The first-order valence-corrected chi connectivity index (χ1v) is 7.54. The number of nitrogens with zero attached hydrogens (tertiary/aromatic N) is 2. The number of hydrogen-bond acceptors (Lipinski definition) is 4. The van der Waals surface area contributed by atoms with Crippen LogP contribution in [0.2, 0.25) is 5.28 Å². The lowest BCUT2D eigenvalue weighted by Gasteiger charge is -2.10. The smallest absolute Gasteiger partial charge is 0.338 e. The molecule has 0 saturated carbocycles. The Morgan fingerprint density at radius 3 is 3.09 bits per heavy atom. The largest absolute Gasteiger partial charge is 0.456 e. The minimum absolute atomic E-state index is 0.145. The summed E-state index contributed by atoms with van der Waals surface area (Å²) in [6.07, 6.45) is 2.59. The number of ether oxygens (including phenoxy) is 2. The highest BCUT2D eigenvalue weighted by Crippen LogP contribution is 2.25. The van der Waals surface area contributed by atoms with E-state index < -0.39 is 0 Å². The summed E-state index contributed by atoms with van der Waals surface area (Å²) in [4.78, 5) is 16.1. The molecule has 1 saturated heterocycles. The predicted octanol–water partition coefficient (Wildman–Crippen LogP) is 2.93. The van der Waals surface area contributed by atoms with Gasteiger partial charge in [-0.15, -0.1) is 0 Å². The van der Waals surface area contributed by atoms with Crippen molar-refractivity contribution in [3.8, 4) is 0 Å². The molecule has 2 heterocycles. The van der Waals surface area contributed by atoms with Crippen LogP contribution in [0.4, 0.5) is 0 Å². The highest BCUT2D eigenvalue weighted by molar-refractivity contribution is 6.28. The molecule has 22 heavy (non-hydrogen) atoms. The van der Waals surface area contributed by atoms with Gasteiger partial charge in [-0.05, 0) is 35.7 Å². The molecule has 2 aromatic rings. The highest BCUT2D eigenvalue weighted by atomic mass is 35.5. The molecule has 3 rings (SSSR count). The zero-order chi connectivity index (χ0) is 15.5. The summed E-state index contributed by atoms with van der Waals surface area (Å²) in [5, 5.41) is 0.370. The van der Waals surface area contributed by atoms with Crippen LogP contribution in [0.5, 0.6) is 0 Å². The van der Waals surface area contributed by atoms with Crippen molar-refractivity contribution >= 4 is 17.6 Å². The Bertz CT molecular complexity index is 678. The summed E-state index contributed by atoms with van der Waals surface area (Å²) in [6.45, 7) is 1.64. The number of halogens is 1. The molecule has 1 aliphatic heterocycles. The summed E-state index contributed by atoms with van der Waals surface area (Å²) in [6, 6.07) is 7.55. The van der Waals surface area contributed by atoms with Crippen molar-refractivity contribution in [2.45, 2.75) is 18.9 Å². The molecular formula is C16H17ClN2O3. The van der Waals surface area contributed by atoms with Crippen molar-refractivity contribution in [2.24, 2.45) is 7.05 Å². The van der Waals surface area contributed by atoms with Crippen LogP contribution in [-0.4, -0.2) is 28.7 Å². The maximum atomic E-state index is 12.2. The summed E-state index contributed by atoms with van der Waals surface area (Å²) in [5.74, 6) is 0.0155. The van der Waals surface area contributed by atoms with Crippen LogP contribution in [0.15, 0.2) is 30.5 Å². The van der Waals surface area contributed by atoms with Crippen molar-refractivity contribution in [2.75, 3.05) is 13.2 Å². The van der Waals surface area contributed by atoms with Crippen molar-refractivity contribution in [1.29, 1.82) is 0 Å². The number of rotatable bonds is 4. The summed E-state index contributed by atoms with van der Waals surface area (Å²) in [5.41, 5.74) is 2.42. The molecule has 116 valence electrons. The van der Waals surface area contributed by atoms with Crippen molar-refractivity contribution in [3.63, 3.8) is 0 Å². The van der Waals surface area contributed by atoms with Gasteiger partial charge in [-0.1, -0.05) is 12.1 Å². The van der Waals surface area contributed by atoms with Crippen LogP contribution in [0.1, 0.15) is 34.0 Å². The van der Waals surface area contributed by atoms with E-state index >= 15 is 0 Å². The van der Waals surface area contributed by atoms with Crippen LogP contribution in [0.25, 0.3) is 0 Å². The van der Waals surface area contributed by atoms with Gasteiger partial charge in [-0.3, -0.25) is 0 Å². The fourth-order valence-corrected chi connectivity index (χ4v) is 2.65. The van der Waals surface area contributed by atoms with E-state index in [0.29, 0.717) is 23.4 Å². The van der Waals surface area contributed by atoms with Crippen LogP contribution < -0.4 is 0 Å². The van der Waals surface area contributed by atoms with Crippen LogP contribution in [0, 0.1) is 0 Å². The monoisotopic (exact) mass is 320 g/mol. The molecule has 1 aromatic carbocycles. The summed E-state index contributed by atoms with van der Waals surface area (Å²) < 4.78 is 12.4. The van der Waals surface area contributed by atoms with Gasteiger partial charge in [0.2, 0.25) is 5.28 Å². The third-order valence-electron chi connectivity index (χ3n) is 3.90. The average Bonchev–Trinajstić information content (AvgIpc) is 3.17. The molecule has 1 fully saturated rings. The predicted molar refractivity (Wildman–Crippen MR) is 82.0 cm³/mol. The minimum Gasteiger partial charge on any atom is -0.456 e. The van der Waals surface area contributed by atoms with E-state index in [1.807, 2.05) is 18.2 Å². The van der Waals surface area contributed by atoms with Crippen molar-refractivity contribution < 1.29 is 14.3 Å². The molecule has 1 unspecified atom stereocenters. The Hall–Kier alpha value is -1.85. The average molecular weight is 321 g/mol. The Morgan fingerprint density at radius 2 is 2.41 bits per heavy atom. The topological polar surface area (TPSA) is 53.4 Å². The Labute approximate surface area is 133 Å². The number of hydrogen-bond donors (Lipinski definition) is 0. The number of benzene rings is 1. The number of carbonyl (C=O) groups excluding carboxylic acids is 1. The second-order valence-corrected chi connectivity index (χ2v) is 5.68. The molecule has 6 heteroatoms. The fourth-order valence-electron chi connectivity index (χ4n) is 2.49. The standard InChI is InChI=1S/C16H17ClN2O3/c1-19-14(8-18-16(19)17)10-22-15(20)12-4-2-3-11(7-12)13-5-6-21-9-13/h2-4,7-8,13H,5-6,9-10H2,1H3. The molecule has 5 nitrogen and oxygen atoms in total. The number of esters is 1. The molecular weight excluding hydrogens is 304 g/mol. The second kappa shape index (κ2) is 6.50. The lowest BCUT2D eigenvalue weighted by Crippen LogP contribution is -2.08. The van der Waals surface area contributed by atoms with E-state index in [1.54, 1.807) is 23.9 Å². The molecule has 0 aliphatic carbocycles. The molecule has 1 aromatic heterocycles. The third kappa shape index (κ3) is 3.15. The molecule has 1 atom stereocenters. The van der Waals surface area contributed by atoms with Gasteiger partial charge in [0.15, 0.2) is 0 Å². The summed E-state index contributed by atoms with van der Waals surface area (Å²) >= 11 is 5.85. The minimum atomic E-state index is -0.349. The Morgan fingerprint density at radius 1 is 1.55 bits per heavy atom. The molecule has 0 spiro atoms. The molecule has 0 bridgehead atoms. The molecule has 0 amide bonds. The third-order valence-corrected chi connectivity index (χ3v) is 4.25. The van der Waals surface area contributed by atoms with Crippen molar-refractivity contribution in [1.82, 2.24) is 9.55 Å². The van der Waals surface area contributed by atoms with E-state index in [1.165, 1.54) is 0 Å². The van der Waals surface area contributed by atoms with Gasteiger partial charge in [0.05, 0.1) is 24.1 Å². The number of imidazole rings is 1. The number of aromatic nitrogens is 2. The van der Waals surface area contributed by atoms with Gasteiger partial charge in [0.1, 0.15) is 6.61 Å². The normalized spacial score (nSPS) is 17.6. The molecule has 1 aliphatic rings. The molecule has 0 radical (unpaired) electrons. The van der Waals surface area contributed by atoms with E-state index in [-0.39, 0.29) is 12.6 Å². The first-order valence-electron chi connectivity index (χ1n) is 7.16. The fraction of sp³-hybridized carbons (Fsp3) is 0.375. The Balaban J connectivity index is 1.67. The number of carbonyl (C=O) groups is 1. The quantitative estimate of drug-likeness (QED) is 0.813. The van der Waals surface area contributed by atoms with Crippen LogP contribution in [0.3, 0.4) is 0 Å². The highest BCUT2D eigenvalue weighted by Gasteiger charge is 2.19. The Kier molecular flexibility index (Phi) is 4.45. The van der Waals surface area contributed by atoms with E-state index in [9.17, 15) is 4.79 Å². The SMILES string of the molecule is Cn1c(COC(=O)c2cccc(C3CCOC3)c2)cnc1Cl. The lowest BCUT2D eigenvalue weighted by atomic mass is 9.97. The van der Waals surface area contributed by atoms with E-state index in [0.717, 1.165) is 24.3 Å². The first kappa shape index (κ1) is 15.1. The molecule has 0 N–H and O–H groups in total. The van der Waals surface area contributed by atoms with Gasteiger partial charge < -0.3 is 14.0 Å². The van der Waals surface area contributed by atoms with Crippen molar-refractivity contribution in [3.05, 3.63) is 52.6 Å². The van der Waals surface area contributed by atoms with Crippen LogP contribution in [-0.2, 0) is 23.1 Å². The van der Waals surface area contributed by atoms with E-state index in [2.05, 4.69) is 4.98 Å². The van der Waals surface area contributed by atoms with Crippen LogP contribution >= 0.6 is 11.6 Å². The van der Waals surface area contributed by atoms with E-state index in [4.69, 9.17) is 21.1 Å². The maximum Gasteiger partial charge on any atom is 0.338 e. The van der Waals surface area contributed by atoms with Gasteiger partial charge in [-0.25, -0.2) is 9.78 Å². The lowest BCUT2D eigenvalue weighted by molar-refractivity contribution is 0.0464. The zero-order valence-electron chi connectivity index (χ0n) is 12.3. The second-order valence-electron chi connectivity index (χ2n) is 5.34. The van der Waals surface area contributed by atoms with Gasteiger partial charge in [0, 0.05) is 19.6 Å². The maximum absolute atomic E-state index is 12.2. The zero-order valence-corrected chi connectivity index (χ0v) is 13.0. The first-order chi connectivity index (χ1) is 10.6. The summed E-state index contributed by atoms with van der Waals surface area (Å²) in [7, 11) is 1.78.